The number of hydrogen-bond acceptors (Lipinski definition) is 1. The average molecular weight is 234 g/mol. The van der Waals surface area contributed by atoms with Crippen LogP contribution in [0.5, 0.6) is 0 Å². The van der Waals surface area contributed by atoms with Gasteiger partial charge in [0.25, 0.3) is 0 Å². The van der Waals surface area contributed by atoms with Gasteiger partial charge in [-0.2, -0.15) is 0 Å². The minimum atomic E-state index is 0. The van der Waals surface area contributed by atoms with Gasteiger partial charge >= 0.3 is 0 Å². The van der Waals surface area contributed by atoms with Crippen LogP contribution in [0.1, 0.15) is 59.8 Å². The Kier molecular flexibility index (Phi) is 13.7. The number of hydrogen-bond donors (Lipinski definition) is 0. The first kappa shape index (κ1) is 17.2. The van der Waals surface area contributed by atoms with Crippen molar-refractivity contribution < 1.29 is 0 Å². The molecule has 0 rings (SSSR count). The van der Waals surface area contributed by atoms with Gasteiger partial charge in [0.1, 0.15) is 0 Å². The third kappa shape index (κ3) is 8.80. The fourth-order valence-corrected chi connectivity index (χ4v) is 1.59. The molecule has 0 N–H and O–H groups in total. The Morgan fingerprint density at radius 2 is 1.47 bits per heavy atom. The van der Waals surface area contributed by atoms with Crippen molar-refractivity contribution in [2.24, 2.45) is 0 Å². The Morgan fingerprint density at radius 1 is 1.00 bits per heavy atom. The fourth-order valence-electron chi connectivity index (χ4n) is 1.59. The molecule has 0 bridgehead atoms. The van der Waals surface area contributed by atoms with E-state index in [9.17, 15) is 0 Å². The van der Waals surface area contributed by atoms with Crippen LogP contribution in [0.25, 0.3) is 0 Å². The zero-order valence-corrected chi connectivity index (χ0v) is 11.7. The highest BCUT2D eigenvalue weighted by atomic mass is 35.5. The van der Waals surface area contributed by atoms with Gasteiger partial charge < -0.3 is 4.90 Å². The van der Waals surface area contributed by atoms with Crippen molar-refractivity contribution in [1.82, 2.24) is 4.90 Å². The predicted octanol–water partition coefficient (Wildman–Crippen LogP) is 4.62. The number of nitrogens with zero attached hydrogens (tertiary/aromatic N) is 1. The standard InChI is InChI=1S/C13H27N.ClH/c1-5-8-11-14(12-9-6-2)13(4)10-7-3;/h10H,5-9,11-12H2,1-4H3;1H/b13-10+;. The summed E-state index contributed by atoms with van der Waals surface area (Å²) in [5.74, 6) is 0. The molecule has 0 atom stereocenters. The molecule has 0 amide bonds. The van der Waals surface area contributed by atoms with Crippen LogP contribution in [0.3, 0.4) is 0 Å². The Hall–Kier alpha value is -0.170. The molecule has 0 unspecified atom stereocenters. The maximum absolute atomic E-state index is 2.54. The molecule has 0 spiro atoms. The topological polar surface area (TPSA) is 3.24 Å². The summed E-state index contributed by atoms with van der Waals surface area (Å²) in [7, 11) is 0. The van der Waals surface area contributed by atoms with Crippen LogP contribution in [0.2, 0.25) is 0 Å². The van der Waals surface area contributed by atoms with E-state index in [1.165, 1.54) is 44.5 Å². The summed E-state index contributed by atoms with van der Waals surface area (Å²) in [5.41, 5.74) is 1.47. The molecule has 0 aliphatic heterocycles. The molecule has 0 heterocycles. The highest BCUT2D eigenvalue weighted by Crippen LogP contribution is 2.08. The molecule has 0 aromatic rings. The number of halogens is 1. The molecular formula is C13H28ClN. The summed E-state index contributed by atoms with van der Waals surface area (Å²) in [6.45, 7) is 11.4. The molecule has 2 heteroatoms. The summed E-state index contributed by atoms with van der Waals surface area (Å²) in [6, 6.07) is 0. The zero-order chi connectivity index (χ0) is 10.8. The van der Waals surface area contributed by atoms with Gasteiger partial charge in [-0.1, -0.05) is 39.7 Å². The van der Waals surface area contributed by atoms with E-state index in [0.29, 0.717) is 0 Å². The first-order valence-corrected chi connectivity index (χ1v) is 6.17. The minimum absolute atomic E-state index is 0. The van der Waals surface area contributed by atoms with Crippen LogP contribution >= 0.6 is 12.4 Å². The lowest BCUT2D eigenvalue weighted by Crippen LogP contribution is -2.24. The van der Waals surface area contributed by atoms with Crippen molar-refractivity contribution in [3.63, 3.8) is 0 Å². The van der Waals surface area contributed by atoms with E-state index >= 15 is 0 Å². The van der Waals surface area contributed by atoms with Gasteiger partial charge in [-0.3, -0.25) is 0 Å². The van der Waals surface area contributed by atoms with E-state index in [0.717, 1.165) is 6.42 Å². The van der Waals surface area contributed by atoms with Crippen LogP contribution in [0.15, 0.2) is 11.8 Å². The van der Waals surface area contributed by atoms with Crippen LogP contribution in [0.4, 0.5) is 0 Å². The van der Waals surface area contributed by atoms with Crippen molar-refractivity contribution in [3.05, 3.63) is 11.8 Å². The lowest BCUT2D eigenvalue weighted by atomic mass is 10.2. The van der Waals surface area contributed by atoms with Gasteiger partial charge in [0.15, 0.2) is 0 Å². The number of unbranched alkanes of at least 4 members (excludes halogenated alkanes) is 2. The predicted molar refractivity (Wildman–Crippen MR) is 72.7 cm³/mol. The van der Waals surface area contributed by atoms with Crippen LogP contribution in [0, 0.1) is 0 Å². The summed E-state index contributed by atoms with van der Waals surface area (Å²) in [4.78, 5) is 2.54. The van der Waals surface area contributed by atoms with Crippen LogP contribution < -0.4 is 0 Å². The van der Waals surface area contributed by atoms with E-state index < -0.39 is 0 Å². The van der Waals surface area contributed by atoms with E-state index in [2.05, 4.69) is 38.7 Å². The van der Waals surface area contributed by atoms with Crippen molar-refractivity contribution in [2.75, 3.05) is 13.1 Å². The van der Waals surface area contributed by atoms with Crippen LogP contribution in [-0.4, -0.2) is 18.0 Å². The second-order valence-corrected chi connectivity index (χ2v) is 3.95. The van der Waals surface area contributed by atoms with Crippen LogP contribution in [-0.2, 0) is 0 Å². The second kappa shape index (κ2) is 11.9. The quantitative estimate of drug-likeness (QED) is 0.591. The number of rotatable bonds is 8. The Labute approximate surface area is 102 Å². The van der Waals surface area contributed by atoms with Gasteiger partial charge in [0.2, 0.25) is 0 Å². The molecule has 0 aromatic carbocycles. The fraction of sp³-hybridized carbons (Fsp3) is 0.846. The highest BCUT2D eigenvalue weighted by Gasteiger charge is 2.02. The first-order chi connectivity index (χ1) is 6.76. The average Bonchev–Trinajstić information content (AvgIpc) is 2.18. The molecule has 0 saturated heterocycles. The van der Waals surface area contributed by atoms with Gasteiger partial charge in [0, 0.05) is 18.8 Å². The molecule has 0 saturated carbocycles. The molecule has 15 heavy (non-hydrogen) atoms. The van der Waals surface area contributed by atoms with E-state index in [1.807, 2.05) is 0 Å². The third-order valence-corrected chi connectivity index (χ3v) is 2.56. The molecule has 0 aromatic heterocycles. The van der Waals surface area contributed by atoms with E-state index in [1.54, 1.807) is 0 Å². The molecular weight excluding hydrogens is 206 g/mol. The molecule has 92 valence electrons. The summed E-state index contributed by atoms with van der Waals surface area (Å²) in [5, 5.41) is 0. The molecule has 0 aliphatic carbocycles. The van der Waals surface area contributed by atoms with Crippen molar-refractivity contribution in [3.8, 4) is 0 Å². The van der Waals surface area contributed by atoms with Crippen molar-refractivity contribution >= 4 is 12.4 Å². The summed E-state index contributed by atoms with van der Waals surface area (Å²) < 4.78 is 0. The minimum Gasteiger partial charge on any atom is -0.375 e. The van der Waals surface area contributed by atoms with E-state index in [-0.39, 0.29) is 12.4 Å². The van der Waals surface area contributed by atoms with Crippen molar-refractivity contribution in [1.29, 1.82) is 0 Å². The summed E-state index contributed by atoms with van der Waals surface area (Å²) >= 11 is 0. The molecule has 0 aliphatic rings. The van der Waals surface area contributed by atoms with Crippen molar-refractivity contribution in [2.45, 2.75) is 59.8 Å². The Morgan fingerprint density at radius 3 is 1.80 bits per heavy atom. The normalized spacial score (nSPS) is 11.1. The van der Waals surface area contributed by atoms with E-state index in [4.69, 9.17) is 0 Å². The van der Waals surface area contributed by atoms with Gasteiger partial charge in [0.05, 0.1) is 0 Å². The van der Waals surface area contributed by atoms with Gasteiger partial charge in [-0.05, 0) is 26.2 Å². The maximum atomic E-state index is 2.54. The lowest BCUT2D eigenvalue weighted by molar-refractivity contribution is 0.331. The zero-order valence-electron chi connectivity index (χ0n) is 10.9. The first-order valence-electron chi connectivity index (χ1n) is 6.17. The molecule has 1 nitrogen and oxygen atoms in total. The smallest absolute Gasteiger partial charge is 0.0174 e. The summed E-state index contributed by atoms with van der Waals surface area (Å²) in [6.07, 6.45) is 8.72. The Bertz CT molecular complexity index is 147. The second-order valence-electron chi connectivity index (χ2n) is 3.95. The van der Waals surface area contributed by atoms with Gasteiger partial charge in [-0.25, -0.2) is 0 Å². The SMILES string of the molecule is CC/C=C(\C)N(CCCC)CCCC.Cl. The largest absolute Gasteiger partial charge is 0.375 e. The molecule has 0 fully saturated rings. The van der Waals surface area contributed by atoms with Gasteiger partial charge in [-0.15, -0.1) is 12.4 Å². The highest BCUT2D eigenvalue weighted by molar-refractivity contribution is 5.85. The number of allylic oxidation sites excluding steroid dienone is 2. The monoisotopic (exact) mass is 233 g/mol. The third-order valence-electron chi connectivity index (χ3n) is 2.56. The lowest BCUT2D eigenvalue weighted by Gasteiger charge is -2.25. The Balaban J connectivity index is 0. The maximum Gasteiger partial charge on any atom is 0.0174 e. The molecule has 0 radical (unpaired) electrons.